The van der Waals surface area contributed by atoms with Crippen LogP contribution in [0.2, 0.25) is 0 Å². The maximum absolute atomic E-state index is 13.5. The second-order valence-electron chi connectivity index (χ2n) is 8.53. The van der Waals surface area contributed by atoms with Crippen molar-refractivity contribution >= 4 is 17.3 Å². The molecule has 3 N–H and O–H groups in total. The number of nitrogens with zero attached hydrogens (tertiary/aromatic N) is 3. The molecule has 3 heterocycles. The molecule has 0 bridgehead atoms. The third kappa shape index (κ3) is 2.93. The molecule has 0 saturated carbocycles. The first-order chi connectivity index (χ1) is 16.7. The van der Waals surface area contributed by atoms with E-state index in [1.54, 1.807) is 12.4 Å². The van der Waals surface area contributed by atoms with E-state index in [0.29, 0.717) is 12.2 Å². The molecule has 1 saturated heterocycles. The molecule has 166 valence electrons. The number of fused-ring (bicyclic) bond motifs is 1. The summed E-state index contributed by atoms with van der Waals surface area (Å²) >= 11 is 0. The van der Waals surface area contributed by atoms with E-state index in [0.717, 1.165) is 28.2 Å². The van der Waals surface area contributed by atoms with Gasteiger partial charge in [-0.15, -0.1) is 0 Å². The first-order valence-electron chi connectivity index (χ1n) is 11.2. The van der Waals surface area contributed by atoms with Crippen LogP contribution in [-0.4, -0.2) is 23.6 Å². The Kier molecular flexibility index (Phi) is 4.68. The second-order valence-corrected chi connectivity index (χ2v) is 8.53. The van der Waals surface area contributed by atoms with Crippen molar-refractivity contribution in [1.82, 2.24) is 15.6 Å². The Balaban J connectivity index is 1.41. The van der Waals surface area contributed by atoms with E-state index in [1.807, 2.05) is 66.7 Å². The highest BCUT2D eigenvalue weighted by molar-refractivity contribution is 6.00. The molecular weight excluding hydrogens is 424 g/mol. The monoisotopic (exact) mass is 446 g/mol. The zero-order valence-corrected chi connectivity index (χ0v) is 18.3. The first kappa shape index (κ1) is 20.2. The summed E-state index contributed by atoms with van der Waals surface area (Å²) in [5.74, 6) is -0.288. The average molecular weight is 447 g/mol. The number of anilines is 2. The van der Waals surface area contributed by atoms with Crippen LogP contribution in [0.15, 0.2) is 103 Å². The Labute approximate surface area is 197 Å². The van der Waals surface area contributed by atoms with Gasteiger partial charge >= 0.3 is 0 Å². The number of carbonyl (C=O) groups excluding carboxylic acids is 1. The number of benzene rings is 2. The molecule has 3 atom stereocenters. The molecule has 3 aliphatic rings. The molecule has 1 spiro atoms. The van der Waals surface area contributed by atoms with Gasteiger partial charge in [0.2, 0.25) is 0 Å². The van der Waals surface area contributed by atoms with E-state index in [-0.39, 0.29) is 11.9 Å². The molecule has 6 rings (SSSR count). The number of rotatable bonds is 4. The van der Waals surface area contributed by atoms with Gasteiger partial charge in [-0.3, -0.25) is 15.1 Å². The van der Waals surface area contributed by atoms with Crippen LogP contribution < -0.4 is 20.9 Å². The number of para-hydroxylation sites is 1. The highest BCUT2D eigenvalue weighted by Crippen LogP contribution is 2.51. The van der Waals surface area contributed by atoms with Crippen LogP contribution in [-0.2, 0) is 10.3 Å². The minimum absolute atomic E-state index is 0.0431. The van der Waals surface area contributed by atoms with Gasteiger partial charge in [0.05, 0.1) is 30.0 Å². The fraction of sp³-hybridized carbons (Fsp3) is 0.148. The van der Waals surface area contributed by atoms with Gasteiger partial charge in [0.15, 0.2) is 0 Å². The van der Waals surface area contributed by atoms with Crippen molar-refractivity contribution < 1.29 is 4.79 Å². The normalized spacial score (nSPS) is 22.8. The van der Waals surface area contributed by atoms with Crippen molar-refractivity contribution in [2.45, 2.75) is 17.6 Å². The lowest BCUT2D eigenvalue weighted by Gasteiger charge is -2.37. The van der Waals surface area contributed by atoms with E-state index in [9.17, 15) is 10.1 Å². The average Bonchev–Trinajstić information content (AvgIpc) is 3.45. The fourth-order valence-electron chi connectivity index (χ4n) is 5.26. The van der Waals surface area contributed by atoms with Gasteiger partial charge in [-0.25, -0.2) is 0 Å². The molecule has 1 aliphatic carbocycles. The zero-order chi connectivity index (χ0) is 23.1. The van der Waals surface area contributed by atoms with Crippen LogP contribution in [0, 0.1) is 11.3 Å². The largest absolute Gasteiger partial charge is 0.356 e. The fourth-order valence-corrected chi connectivity index (χ4v) is 5.26. The summed E-state index contributed by atoms with van der Waals surface area (Å²) in [5, 5.41) is 19.9. The Hall–Kier alpha value is -4.41. The Morgan fingerprint density at radius 1 is 1.12 bits per heavy atom. The van der Waals surface area contributed by atoms with E-state index >= 15 is 0 Å². The van der Waals surface area contributed by atoms with Crippen molar-refractivity contribution in [2.75, 3.05) is 16.9 Å². The van der Waals surface area contributed by atoms with Crippen LogP contribution in [0.5, 0.6) is 0 Å². The van der Waals surface area contributed by atoms with Crippen molar-refractivity contribution in [3.8, 4) is 6.07 Å². The van der Waals surface area contributed by atoms with Gasteiger partial charge in [-0.2, -0.15) is 5.26 Å². The van der Waals surface area contributed by atoms with Gasteiger partial charge in [0, 0.05) is 29.3 Å². The number of carbonyl (C=O) groups is 1. The number of hydrogen-bond acceptors (Lipinski definition) is 6. The smallest absolute Gasteiger partial charge is 0.254 e. The highest BCUT2D eigenvalue weighted by atomic mass is 16.1. The standard InChI is InChI=1S/C27H22N6O/c28-16-23(18-6-2-1-3-7-18)32-26(34)20-10-11-24-27(21-8-4-5-9-22(21)31-25(20)27)30-17-33(24)19-12-14-29-15-13-19/h1-15,23-24,30-31H,17H2,(H,32,34). The highest BCUT2D eigenvalue weighted by Gasteiger charge is 2.57. The van der Waals surface area contributed by atoms with Gasteiger partial charge in [0.1, 0.15) is 11.6 Å². The molecule has 34 heavy (non-hydrogen) atoms. The van der Waals surface area contributed by atoms with Gasteiger partial charge in [-0.1, -0.05) is 54.6 Å². The first-order valence-corrected chi connectivity index (χ1v) is 11.2. The van der Waals surface area contributed by atoms with E-state index in [1.165, 1.54) is 0 Å². The lowest BCUT2D eigenvalue weighted by atomic mass is 9.77. The molecule has 7 heteroatoms. The van der Waals surface area contributed by atoms with Crippen LogP contribution >= 0.6 is 0 Å². The number of aromatic nitrogens is 1. The van der Waals surface area contributed by atoms with Crippen LogP contribution in [0.3, 0.4) is 0 Å². The topological polar surface area (TPSA) is 93.1 Å². The summed E-state index contributed by atoms with van der Waals surface area (Å²) < 4.78 is 0. The molecule has 2 aliphatic heterocycles. The summed E-state index contributed by atoms with van der Waals surface area (Å²) in [4.78, 5) is 19.9. The molecule has 7 nitrogen and oxygen atoms in total. The van der Waals surface area contributed by atoms with Crippen LogP contribution in [0.25, 0.3) is 0 Å². The van der Waals surface area contributed by atoms with Crippen molar-refractivity contribution in [3.63, 3.8) is 0 Å². The van der Waals surface area contributed by atoms with Gasteiger partial charge in [-0.05, 0) is 29.8 Å². The molecule has 1 amide bonds. The minimum atomic E-state index is -0.738. The van der Waals surface area contributed by atoms with Crippen molar-refractivity contribution in [3.05, 3.63) is 114 Å². The summed E-state index contributed by atoms with van der Waals surface area (Å²) in [6, 6.07) is 22.8. The van der Waals surface area contributed by atoms with Crippen molar-refractivity contribution in [2.24, 2.45) is 0 Å². The SMILES string of the molecule is N#CC(NC(=O)C1=C2Nc3ccccc3C23NCN(c2ccncc2)C3C=C1)c1ccccc1. The molecule has 1 fully saturated rings. The van der Waals surface area contributed by atoms with Crippen molar-refractivity contribution in [1.29, 1.82) is 5.26 Å². The molecule has 3 aromatic rings. The van der Waals surface area contributed by atoms with E-state index in [4.69, 9.17) is 0 Å². The lowest BCUT2D eigenvalue weighted by Crippen LogP contribution is -2.49. The van der Waals surface area contributed by atoms with Crippen LogP contribution in [0.1, 0.15) is 17.2 Å². The quantitative estimate of drug-likeness (QED) is 0.569. The Morgan fingerprint density at radius 3 is 2.68 bits per heavy atom. The van der Waals surface area contributed by atoms with E-state index < -0.39 is 11.6 Å². The van der Waals surface area contributed by atoms with Crippen LogP contribution in [0.4, 0.5) is 11.4 Å². The summed E-state index contributed by atoms with van der Waals surface area (Å²) in [5.41, 5.74) is 4.60. The molecule has 1 aromatic heterocycles. The molecule has 2 aromatic carbocycles. The molecular formula is C27H22N6O. The second kappa shape index (κ2) is 7.87. The summed E-state index contributed by atoms with van der Waals surface area (Å²) in [7, 11) is 0. The minimum Gasteiger partial charge on any atom is -0.356 e. The number of hydrogen-bond donors (Lipinski definition) is 3. The van der Waals surface area contributed by atoms with Gasteiger partial charge < -0.3 is 15.5 Å². The lowest BCUT2D eigenvalue weighted by molar-refractivity contribution is -0.117. The molecule has 3 unspecified atom stereocenters. The summed E-state index contributed by atoms with van der Waals surface area (Å²) in [6.07, 6.45) is 7.52. The number of nitrogens with one attached hydrogen (secondary N) is 3. The Bertz CT molecular complexity index is 1360. The predicted molar refractivity (Wildman–Crippen MR) is 129 cm³/mol. The zero-order valence-electron chi connectivity index (χ0n) is 18.3. The number of amides is 1. The van der Waals surface area contributed by atoms with E-state index in [2.05, 4.69) is 44.0 Å². The predicted octanol–water partition coefficient (Wildman–Crippen LogP) is 3.34. The number of nitriles is 1. The van der Waals surface area contributed by atoms with Gasteiger partial charge in [0.25, 0.3) is 5.91 Å². The third-order valence-electron chi connectivity index (χ3n) is 6.80. The third-order valence-corrected chi connectivity index (χ3v) is 6.80. The number of pyridine rings is 1. The Morgan fingerprint density at radius 2 is 1.88 bits per heavy atom. The molecule has 0 radical (unpaired) electrons. The maximum Gasteiger partial charge on any atom is 0.254 e. The summed E-state index contributed by atoms with van der Waals surface area (Å²) in [6.45, 7) is 0.609. The maximum atomic E-state index is 13.5.